The second kappa shape index (κ2) is 9.55. The molecule has 150 valence electrons. The Kier molecular flexibility index (Phi) is 6.87. The second-order valence-electron chi connectivity index (χ2n) is 7.03. The van der Waals surface area contributed by atoms with Crippen LogP contribution in [0.3, 0.4) is 0 Å². The number of pyridine rings is 1. The van der Waals surface area contributed by atoms with Crippen molar-refractivity contribution in [1.29, 1.82) is 0 Å². The van der Waals surface area contributed by atoms with E-state index in [1.807, 2.05) is 17.3 Å². The van der Waals surface area contributed by atoms with E-state index in [-0.39, 0.29) is 5.91 Å². The Bertz CT molecular complexity index is 782. The summed E-state index contributed by atoms with van der Waals surface area (Å²) in [6, 6.07) is 9.81. The number of carbonyl (C=O) groups excluding carboxylic acids is 1. The van der Waals surface area contributed by atoms with Gasteiger partial charge in [0, 0.05) is 44.1 Å². The van der Waals surface area contributed by atoms with Crippen LogP contribution in [0.25, 0.3) is 0 Å². The zero-order valence-corrected chi connectivity index (χ0v) is 16.9. The largest absolute Gasteiger partial charge is 0.497 e. The van der Waals surface area contributed by atoms with E-state index in [2.05, 4.69) is 28.9 Å². The lowest BCUT2D eigenvalue weighted by Crippen LogP contribution is -2.49. The maximum Gasteiger partial charge on any atom is 0.257 e. The SMILES string of the molecule is CCN(Cc1ccncc1)C1CCCN(C(=O)c2ccc(OC)cc2OC)C1. The van der Waals surface area contributed by atoms with Crippen molar-refractivity contribution in [3.63, 3.8) is 0 Å². The fourth-order valence-corrected chi connectivity index (χ4v) is 3.80. The number of likely N-dealkylation sites (tertiary alicyclic amines) is 1. The summed E-state index contributed by atoms with van der Waals surface area (Å²) >= 11 is 0. The molecular weight excluding hydrogens is 354 g/mol. The number of methoxy groups -OCH3 is 2. The molecule has 0 saturated carbocycles. The average molecular weight is 383 g/mol. The molecule has 0 aliphatic carbocycles. The molecule has 0 bridgehead atoms. The highest BCUT2D eigenvalue weighted by atomic mass is 16.5. The van der Waals surface area contributed by atoms with Gasteiger partial charge in [-0.15, -0.1) is 0 Å². The predicted octanol–water partition coefficient (Wildman–Crippen LogP) is 3.23. The van der Waals surface area contributed by atoms with E-state index in [9.17, 15) is 4.79 Å². The number of carbonyl (C=O) groups is 1. The van der Waals surface area contributed by atoms with Crippen LogP contribution in [0.1, 0.15) is 35.7 Å². The molecule has 6 heteroatoms. The van der Waals surface area contributed by atoms with E-state index >= 15 is 0 Å². The van der Waals surface area contributed by atoms with Gasteiger partial charge in [0.2, 0.25) is 0 Å². The van der Waals surface area contributed by atoms with Gasteiger partial charge in [0.15, 0.2) is 0 Å². The Morgan fingerprint density at radius 1 is 1.21 bits per heavy atom. The number of nitrogens with zero attached hydrogens (tertiary/aromatic N) is 3. The molecule has 3 rings (SSSR count). The van der Waals surface area contributed by atoms with Crippen molar-refractivity contribution in [2.24, 2.45) is 0 Å². The number of hydrogen-bond acceptors (Lipinski definition) is 5. The quantitative estimate of drug-likeness (QED) is 0.735. The van der Waals surface area contributed by atoms with Gasteiger partial charge in [0.05, 0.1) is 19.8 Å². The summed E-state index contributed by atoms with van der Waals surface area (Å²) in [6.07, 6.45) is 5.76. The molecule has 1 saturated heterocycles. The van der Waals surface area contributed by atoms with Crippen LogP contribution >= 0.6 is 0 Å². The highest BCUT2D eigenvalue weighted by molar-refractivity contribution is 5.97. The third kappa shape index (κ3) is 4.62. The van der Waals surface area contributed by atoms with E-state index in [4.69, 9.17) is 9.47 Å². The molecule has 2 aromatic rings. The standard InChI is InChI=1S/C22H29N3O3/c1-4-24(15-17-9-11-23-12-10-17)18-6-5-13-25(16-18)22(26)20-8-7-19(27-2)14-21(20)28-3/h7-12,14,18H,4-6,13,15-16H2,1-3H3. The minimum absolute atomic E-state index is 0.0177. The Labute approximate surface area is 167 Å². The molecule has 2 heterocycles. The number of ether oxygens (including phenoxy) is 2. The molecular formula is C22H29N3O3. The summed E-state index contributed by atoms with van der Waals surface area (Å²) in [5.74, 6) is 1.25. The summed E-state index contributed by atoms with van der Waals surface area (Å²) in [7, 11) is 3.19. The summed E-state index contributed by atoms with van der Waals surface area (Å²) in [6.45, 7) is 5.50. The number of piperidine rings is 1. The molecule has 28 heavy (non-hydrogen) atoms. The molecule has 1 amide bonds. The van der Waals surface area contributed by atoms with E-state index in [1.54, 1.807) is 32.4 Å². The average Bonchev–Trinajstić information content (AvgIpc) is 2.77. The van der Waals surface area contributed by atoms with Crippen molar-refractivity contribution in [3.05, 3.63) is 53.9 Å². The lowest BCUT2D eigenvalue weighted by molar-refractivity contribution is 0.0566. The van der Waals surface area contributed by atoms with Crippen LogP contribution in [-0.4, -0.2) is 60.6 Å². The van der Waals surface area contributed by atoms with Crippen LogP contribution in [-0.2, 0) is 6.54 Å². The van der Waals surface area contributed by atoms with Crippen LogP contribution in [0.2, 0.25) is 0 Å². The Hall–Kier alpha value is -2.60. The minimum Gasteiger partial charge on any atom is -0.497 e. The topological polar surface area (TPSA) is 54.9 Å². The molecule has 1 fully saturated rings. The van der Waals surface area contributed by atoms with Crippen molar-refractivity contribution >= 4 is 5.91 Å². The maximum atomic E-state index is 13.2. The third-order valence-electron chi connectivity index (χ3n) is 5.38. The second-order valence-corrected chi connectivity index (χ2v) is 7.03. The van der Waals surface area contributed by atoms with Gasteiger partial charge >= 0.3 is 0 Å². The number of hydrogen-bond donors (Lipinski definition) is 0. The summed E-state index contributed by atoms with van der Waals surface area (Å²) < 4.78 is 10.7. The van der Waals surface area contributed by atoms with E-state index in [0.29, 0.717) is 23.1 Å². The van der Waals surface area contributed by atoms with Crippen LogP contribution in [0.15, 0.2) is 42.7 Å². The highest BCUT2D eigenvalue weighted by Crippen LogP contribution is 2.27. The highest BCUT2D eigenvalue weighted by Gasteiger charge is 2.29. The van der Waals surface area contributed by atoms with E-state index in [0.717, 1.165) is 39.0 Å². The summed E-state index contributed by atoms with van der Waals surface area (Å²) in [4.78, 5) is 21.7. The fraction of sp³-hybridized carbons (Fsp3) is 0.455. The van der Waals surface area contributed by atoms with Crippen molar-refractivity contribution in [1.82, 2.24) is 14.8 Å². The summed E-state index contributed by atoms with van der Waals surface area (Å²) in [5.41, 5.74) is 1.83. The van der Waals surface area contributed by atoms with Gasteiger partial charge < -0.3 is 14.4 Å². The molecule has 1 aliphatic rings. The minimum atomic E-state index is 0.0177. The van der Waals surface area contributed by atoms with Crippen LogP contribution < -0.4 is 9.47 Å². The maximum absolute atomic E-state index is 13.2. The van der Waals surface area contributed by atoms with Crippen molar-refractivity contribution in [3.8, 4) is 11.5 Å². The van der Waals surface area contributed by atoms with Crippen molar-refractivity contribution < 1.29 is 14.3 Å². The zero-order valence-electron chi connectivity index (χ0n) is 16.9. The van der Waals surface area contributed by atoms with Crippen molar-refractivity contribution in [2.75, 3.05) is 33.9 Å². The molecule has 1 aromatic heterocycles. The van der Waals surface area contributed by atoms with Crippen molar-refractivity contribution in [2.45, 2.75) is 32.4 Å². The van der Waals surface area contributed by atoms with Gasteiger partial charge in [0.1, 0.15) is 11.5 Å². The zero-order chi connectivity index (χ0) is 19.9. The first-order chi connectivity index (χ1) is 13.7. The van der Waals surface area contributed by atoms with Crippen LogP contribution in [0.4, 0.5) is 0 Å². The Balaban J connectivity index is 1.72. The first-order valence-corrected chi connectivity index (χ1v) is 9.80. The number of amides is 1. The summed E-state index contributed by atoms with van der Waals surface area (Å²) in [5, 5.41) is 0. The molecule has 1 atom stereocenters. The first kappa shape index (κ1) is 20.1. The number of aromatic nitrogens is 1. The molecule has 0 N–H and O–H groups in total. The van der Waals surface area contributed by atoms with Gasteiger partial charge in [-0.2, -0.15) is 0 Å². The number of rotatable bonds is 7. The van der Waals surface area contributed by atoms with Gasteiger partial charge in [-0.3, -0.25) is 14.7 Å². The lowest BCUT2D eigenvalue weighted by Gasteiger charge is -2.39. The van der Waals surface area contributed by atoms with Crippen LogP contribution in [0, 0.1) is 0 Å². The van der Waals surface area contributed by atoms with Gasteiger partial charge in [0.25, 0.3) is 5.91 Å². The fourth-order valence-electron chi connectivity index (χ4n) is 3.80. The lowest BCUT2D eigenvalue weighted by atomic mass is 10.0. The van der Waals surface area contributed by atoms with E-state index < -0.39 is 0 Å². The first-order valence-electron chi connectivity index (χ1n) is 9.80. The van der Waals surface area contributed by atoms with Gasteiger partial charge in [-0.25, -0.2) is 0 Å². The van der Waals surface area contributed by atoms with Gasteiger partial charge in [-0.1, -0.05) is 6.92 Å². The predicted molar refractivity (Wildman–Crippen MR) is 109 cm³/mol. The number of likely N-dealkylation sites (N-methyl/N-ethyl adjacent to an activating group) is 1. The van der Waals surface area contributed by atoms with Gasteiger partial charge in [-0.05, 0) is 49.2 Å². The number of benzene rings is 1. The smallest absolute Gasteiger partial charge is 0.257 e. The Morgan fingerprint density at radius 3 is 2.68 bits per heavy atom. The monoisotopic (exact) mass is 383 g/mol. The molecule has 1 unspecified atom stereocenters. The molecule has 1 aliphatic heterocycles. The van der Waals surface area contributed by atoms with E-state index in [1.165, 1.54) is 5.56 Å². The Morgan fingerprint density at radius 2 is 2.00 bits per heavy atom. The molecule has 0 spiro atoms. The normalized spacial score (nSPS) is 16.9. The molecule has 1 aromatic carbocycles. The third-order valence-corrected chi connectivity index (χ3v) is 5.38. The van der Waals surface area contributed by atoms with Crippen LogP contribution in [0.5, 0.6) is 11.5 Å². The molecule has 0 radical (unpaired) electrons. The molecule has 6 nitrogen and oxygen atoms in total.